The maximum Gasteiger partial charge on any atom is 0.243 e. The van der Waals surface area contributed by atoms with Crippen molar-refractivity contribution in [3.05, 3.63) is 24.3 Å². The van der Waals surface area contributed by atoms with Crippen LogP contribution in [0.4, 0.5) is 5.95 Å². The molecule has 5 nitrogen and oxygen atoms in total. The molecule has 2 aromatic rings. The zero-order valence-electron chi connectivity index (χ0n) is 10.1. The second kappa shape index (κ2) is 4.86. The molecule has 0 aliphatic heterocycles. The fraction of sp³-hybridized carbons (Fsp3) is 0.462. The first kappa shape index (κ1) is 11.3. The number of para-hydroxylation sites is 1. The lowest BCUT2D eigenvalue weighted by atomic mass is 9.93. The highest BCUT2D eigenvalue weighted by atomic mass is 16.3. The average molecular weight is 244 g/mol. The summed E-state index contributed by atoms with van der Waals surface area (Å²) in [6, 6.07) is 8.04. The predicted octanol–water partition coefficient (Wildman–Crippen LogP) is 1.74. The van der Waals surface area contributed by atoms with Crippen molar-refractivity contribution >= 4 is 17.0 Å². The van der Waals surface area contributed by atoms with Crippen molar-refractivity contribution in [2.75, 3.05) is 5.32 Å². The molecule has 0 atom stereocenters. The van der Waals surface area contributed by atoms with Crippen LogP contribution in [0.5, 0.6) is 0 Å². The Labute approximate surface area is 105 Å². The van der Waals surface area contributed by atoms with E-state index in [1.807, 2.05) is 24.3 Å². The summed E-state index contributed by atoms with van der Waals surface area (Å²) >= 11 is 0. The summed E-state index contributed by atoms with van der Waals surface area (Å²) in [6.07, 6.45) is 3.46. The second-order valence-electron chi connectivity index (χ2n) is 4.77. The number of nitrogens with one attached hydrogen (secondary N) is 1. The van der Waals surface area contributed by atoms with Crippen LogP contribution in [-0.2, 0) is 0 Å². The molecule has 1 saturated carbocycles. The molecule has 1 aromatic carbocycles. The molecule has 18 heavy (non-hydrogen) atoms. The van der Waals surface area contributed by atoms with Crippen LogP contribution in [0.15, 0.2) is 24.3 Å². The highest BCUT2D eigenvalue weighted by Gasteiger charge is 2.19. The smallest absolute Gasteiger partial charge is 0.243 e. The van der Waals surface area contributed by atoms with Gasteiger partial charge in [0.05, 0.1) is 11.6 Å². The highest BCUT2D eigenvalue weighted by Crippen LogP contribution is 2.21. The number of aliphatic hydroxyl groups is 1. The quantitative estimate of drug-likeness (QED) is 0.842. The van der Waals surface area contributed by atoms with Crippen LogP contribution in [0.25, 0.3) is 11.0 Å². The normalized spacial score (nSPS) is 24.1. The lowest BCUT2D eigenvalue weighted by Gasteiger charge is -2.25. The summed E-state index contributed by atoms with van der Waals surface area (Å²) in [6.45, 7) is 0. The Morgan fingerprint density at radius 2 is 1.72 bits per heavy atom. The fourth-order valence-corrected chi connectivity index (χ4v) is 2.34. The molecule has 0 amide bonds. The lowest BCUT2D eigenvalue weighted by Crippen LogP contribution is -2.29. The third-order valence-electron chi connectivity index (χ3n) is 3.39. The number of anilines is 1. The Morgan fingerprint density at radius 3 is 2.50 bits per heavy atom. The summed E-state index contributed by atoms with van der Waals surface area (Å²) in [5.74, 6) is 0.579. The predicted molar refractivity (Wildman–Crippen MR) is 69.2 cm³/mol. The van der Waals surface area contributed by atoms with Crippen molar-refractivity contribution in [1.82, 2.24) is 15.2 Å². The number of rotatable bonds is 2. The molecular weight excluding hydrogens is 228 g/mol. The van der Waals surface area contributed by atoms with E-state index in [0.29, 0.717) is 12.0 Å². The number of nitrogens with zero attached hydrogens (tertiary/aromatic N) is 3. The highest BCUT2D eigenvalue weighted by molar-refractivity contribution is 5.74. The third kappa shape index (κ3) is 2.41. The van der Waals surface area contributed by atoms with Crippen molar-refractivity contribution in [2.45, 2.75) is 37.8 Å². The number of benzene rings is 1. The zero-order valence-corrected chi connectivity index (χ0v) is 10.1. The van der Waals surface area contributed by atoms with Crippen LogP contribution in [0.3, 0.4) is 0 Å². The third-order valence-corrected chi connectivity index (χ3v) is 3.39. The number of hydrogen-bond donors (Lipinski definition) is 2. The SMILES string of the molecule is OC1CCC(Nc2nnc3ccccc3n2)CC1. The van der Waals surface area contributed by atoms with Gasteiger partial charge in [-0.2, -0.15) is 0 Å². The molecule has 0 spiro atoms. The van der Waals surface area contributed by atoms with Crippen molar-refractivity contribution in [2.24, 2.45) is 0 Å². The molecule has 0 radical (unpaired) electrons. The number of aromatic nitrogens is 3. The first-order valence-corrected chi connectivity index (χ1v) is 6.35. The van der Waals surface area contributed by atoms with Gasteiger partial charge in [-0.25, -0.2) is 4.98 Å². The van der Waals surface area contributed by atoms with E-state index in [1.165, 1.54) is 0 Å². The van der Waals surface area contributed by atoms with E-state index in [2.05, 4.69) is 20.5 Å². The molecule has 1 aromatic heterocycles. The standard InChI is InChI=1S/C13H16N4O/c18-10-7-5-9(6-8-10)14-13-15-11-3-1-2-4-12(11)16-17-13/h1-4,9-10,18H,5-8H2,(H,14,15,17). The van der Waals surface area contributed by atoms with Gasteiger partial charge in [0, 0.05) is 6.04 Å². The van der Waals surface area contributed by atoms with Crippen molar-refractivity contribution < 1.29 is 5.11 Å². The molecule has 1 aliphatic carbocycles. The van der Waals surface area contributed by atoms with Gasteiger partial charge in [0.25, 0.3) is 0 Å². The minimum atomic E-state index is -0.140. The molecule has 3 rings (SSSR count). The Balaban J connectivity index is 1.74. The molecule has 5 heteroatoms. The van der Waals surface area contributed by atoms with Gasteiger partial charge in [0.15, 0.2) is 0 Å². The fourth-order valence-electron chi connectivity index (χ4n) is 2.34. The average Bonchev–Trinajstić information content (AvgIpc) is 2.41. The number of aliphatic hydroxyl groups excluding tert-OH is 1. The van der Waals surface area contributed by atoms with Gasteiger partial charge < -0.3 is 10.4 Å². The van der Waals surface area contributed by atoms with Crippen LogP contribution >= 0.6 is 0 Å². The summed E-state index contributed by atoms with van der Waals surface area (Å²) in [4.78, 5) is 4.44. The van der Waals surface area contributed by atoms with E-state index in [4.69, 9.17) is 0 Å². The van der Waals surface area contributed by atoms with E-state index in [1.54, 1.807) is 0 Å². The molecule has 1 heterocycles. The summed E-state index contributed by atoms with van der Waals surface area (Å²) in [5, 5.41) is 21.0. The minimum Gasteiger partial charge on any atom is -0.393 e. The minimum absolute atomic E-state index is 0.140. The Bertz CT molecular complexity index is 537. The molecule has 0 saturated heterocycles. The Morgan fingerprint density at radius 1 is 1.00 bits per heavy atom. The Hall–Kier alpha value is -1.75. The molecule has 1 fully saturated rings. The van der Waals surface area contributed by atoms with Crippen molar-refractivity contribution in [3.63, 3.8) is 0 Å². The Kier molecular flexibility index (Phi) is 3.06. The van der Waals surface area contributed by atoms with Gasteiger partial charge in [-0.05, 0) is 37.8 Å². The molecule has 2 N–H and O–H groups in total. The first-order valence-electron chi connectivity index (χ1n) is 6.35. The van der Waals surface area contributed by atoms with Crippen LogP contribution in [0, 0.1) is 0 Å². The lowest BCUT2D eigenvalue weighted by molar-refractivity contribution is 0.126. The largest absolute Gasteiger partial charge is 0.393 e. The van der Waals surface area contributed by atoms with Gasteiger partial charge in [-0.3, -0.25) is 0 Å². The van der Waals surface area contributed by atoms with E-state index in [0.717, 1.165) is 36.7 Å². The second-order valence-corrected chi connectivity index (χ2v) is 4.77. The van der Waals surface area contributed by atoms with E-state index < -0.39 is 0 Å². The first-order chi connectivity index (χ1) is 8.81. The van der Waals surface area contributed by atoms with E-state index in [-0.39, 0.29) is 6.10 Å². The van der Waals surface area contributed by atoms with Gasteiger partial charge in [-0.15, -0.1) is 10.2 Å². The van der Waals surface area contributed by atoms with Crippen molar-refractivity contribution in [1.29, 1.82) is 0 Å². The molecular formula is C13H16N4O. The molecule has 1 aliphatic rings. The van der Waals surface area contributed by atoms with Crippen molar-refractivity contribution in [3.8, 4) is 0 Å². The number of hydrogen-bond acceptors (Lipinski definition) is 5. The molecule has 0 unspecified atom stereocenters. The van der Waals surface area contributed by atoms with Gasteiger partial charge in [0.2, 0.25) is 5.95 Å². The van der Waals surface area contributed by atoms with Crippen LogP contribution in [0.2, 0.25) is 0 Å². The maximum absolute atomic E-state index is 9.46. The monoisotopic (exact) mass is 244 g/mol. The molecule has 94 valence electrons. The molecule has 0 bridgehead atoms. The van der Waals surface area contributed by atoms with E-state index >= 15 is 0 Å². The number of fused-ring (bicyclic) bond motifs is 1. The summed E-state index contributed by atoms with van der Waals surface area (Å²) in [7, 11) is 0. The van der Waals surface area contributed by atoms with Crippen LogP contribution in [-0.4, -0.2) is 32.4 Å². The zero-order chi connectivity index (χ0) is 12.4. The van der Waals surface area contributed by atoms with E-state index in [9.17, 15) is 5.11 Å². The van der Waals surface area contributed by atoms with Crippen LogP contribution in [0.1, 0.15) is 25.7 Å². The topological polar surface area (TPSA) is 70.9 Å². The summed E-state index contributed by atoms with van der Waals surface area (Å²) < 4.78 is 0. The maximum atomic E-state index is 9.46. The summed E-state index contributed by atoms with van der Waals surface area (Å²) in [5.41, 5.74) is 1.66. The van der Waals surface area contributed by atoms with Crippen LogP contribution < -0.4 is 5.32 Å². The van der Waals surface area contributed by atoms with Gasteiger partial charge in [-0.1, -0.05) is 12.1 Å². The van der Waals surface area contributed by atoms with Gasteiger partial charge in [0.1, 0.15) is 5.52 Å². The van der Waals surface area contributed by atoms with Gasteiger partial charge >= 0.3 is 0 Å².